The van der Waals surface area contributed by atoms with Gasteiger partial charge in [-0.25, -0.2) is 9.97 Å². The highest BCUT2D eigenvalue weighted by Gasteiger charge is 2.25. The van der Waals surface area contributed by atoms with Gasteiger partial charge < -0.3 is 25.9 Å². The molecular weight excluding hydrogens is 492 g/mol. The number of carbonyl (C=O) groups is 2. The Balaban J connectivity index is 1.79. The summed E-state index contributed by atoms with van der Waals surface area (Å²) in [6.07, 6.45) is 1.54. The minimum absolute atomic E-state index is 0.0290. The largest absolute Gasteiger partial charge is 0.461 e. The van der Waals surface area contributed by atoms with Crippen molar-refractivity contribution in [2.45, 2.75) is 26.3 Å². The minimum atomic E-state index is -0.439. The smallest absolute Gasteiger partial charge is 0.263 e. The normalized spacial score (nSPS) is 11.7. The lowest BCUT2D eigenvalue weighted by molar-refractivity contribution is -0.117. The number of nitrogens with zero attached hydrogens (tertiary/aromatic N) is 3. The van der Waals surface area contributed by atoms with Crippen LogP contribution in [0.5, 0.6) is 0 Å². The van der Waals surface area contributed by atoms with Crippen LogP contribution in [0.1, 0.15) is 30.4 Å². The molecule has 11 heteroatoms. The first-order valence-electron chi connectivity index (χ1n) is 11.7. The maximum Gasteiger partial charge on any atom is 0.263 e. The molecule has 0 fully saturated rings. The SMILES string of the molecule is CN(CCO)CC(=O)Nc1cccc(-c2nc(-c3ccco3)nc3sc(C(=O)NC(C)(C)C)c(N)c23)c1. The first-order valence-corrected chi connectivity index (χ1v) is 12.5. The zero-order valence-corrected chi connectivity index (χ0v) is 22.0. The number of nitrogens with one attached hydrogen (secondary N) is 2. The summed E-state index contributed by atoms with van der Waals surface area (Å²) in [7, 11) is 1.76. The topological polar surface area (TPSA) is 147 Å². The zero-order valence-electron chi connectivity index (χ0n) is 21.2. The molecule has 194 valence electrons. The molecule has 0 atom stereocenters. The summed E-state index contributed by atoms with van der Waals surface area (Å²) >= 11 is 1.19. The lowest BCUT2D eigenvalue weighted by Gasteiger charge is -2.20. The molecule has 4 aromatic rings. The Bertz CT molecular complexity index is 1430. The van der Waals surface area contributed by atoms with Gasteiger partial charge >= 0.3 is 0 Å². The van der Waals surface area contributed by atoms with E-state index in [0.717, 1.165) is 0 Å². The van der Waals surface area contributed by atoms with E-state index in [1.54, 1.807) is 42.3 Å². The third kappa shape index (κ3) is 6.13. The molecule has 5 N–H and O–H groups in total. The molecule has 0 aliphatic heterocycles. The average molecular weight is 523 g/mol. The van der Waals surface area contributed by atoms with E-state index >= 15 is 0 Å². The van der Waals surface area contributed by atoms with E-state index in [9.17, 15) is 9.59 Å². The summed E-state index contributed by atoms with van der Waals surface area (Å²) in [6.45, 7) is 6.19. The van der Waals surface area contributed by atoms with Crippen molar-refractivity contribution in [1.82, 2.24) is 20.2 Å². The summed E-state index contributed by atoms with van der Waals surface area (Å²) in [6, 6.07) is 10.7. The van der Waals surface area contributed by atoms with Crippen molar-refractivity contribution < 1.29 is 19.1 Å². The summed E-state index contributed by atoms with van der Waals surface area (Å²) in [5.41, 5.74) is 8.16. The number of nitrogens with two attached hydrogens (primary N) is 1. The van der Waals surface area contributed by atoms with Crippen LogP contribution >= 0.6 is 11.3 Å². The highest BCUT2D eigenvalue weighted by molar-refractivity contribution is 7.21. The van der Waals surface area contributed by atoms with E-state index in [4.69, 9.17) is 20.2 Å². The molecule has 0 bridgehead atoms. The van der Waals surface area contributed by atoms with Crippen molar-refractivity contribution in [3.05, 3.63) is 47.5 Å². The van der Waals surface area contributed by atoms with Crippen LogP contribution in [0.3, 0.4) is 0 Å². The van der Waals surface area contributed by atoms with Gasteiger partial charge in [-0.15, -0.1) is 11.3 Å². The van der Waals surface area contributed by atoms with Gasteiger partial charge in [0.15, 0.2) is 11.6 Å². The molecule has 3 aromatic heterocycles. The first-order chi connectivity index (χ1) is 17.6. The number of amides is 2. The van der Waals surface area contributed by atoms with E-state index in [2.05, 4.69) is 15.6 Å². The number of likely N-dealkylation sites (N-methyl/N-ethyl adjacent to an activating group) is 1. The Morgan fingerprint density at radius 3 is 2.65 bits per heavy atom. The lowest BCUT2D eigenvalue weighted by Crippen LogP contribution is -2.40. The van der Waals surface area contributed by atoms with E-state index in [1.165, 1.54) is 17.6 Å². The molecule has 4 rings (SSSR count). The second kappa shape index (κ2) is 10.7. The van der Waals surface area contributed by atoms with Crippen LogP contribution in [-0.4, -0.2) is 64.1 Å². The van der Waals surface area contributed by atoms with Crippen LogP contribution in [0.2, 0.25) is 0 Å². The van der Waals surface area contributed by atoms with Crippen molar-refractivity contribution in [2.75, 3.05) is 37.8 Å². The molecule has 0 spiro atoms. The predicted molar refractivity (Wildman–Crippen MR) is 145 cm³/mol. The Hall–Kier alpha value is -3.80. The molecule has 10 nitrogen and oxygen atoms in total. The lowest BCUT2D eigenvalue weighted by atomic mass is 10.1. The van der Waals surface area contributed by atoms with Crippen molar-refractivity contribution in [3.63, 3.8) is 0 Å². The number of benzene rings is 1. The average Bonchev–Trinajstić information content (AvgIpc) is 3.46. The number of thiophene rings is 1. The van der Waals surface area contributed by atoms with Gasteiger partial charge in [-0.05, 0) is 52.1 Å². The van der Waals surface area contributed by atoms with Gasteiger partial charge in [0.05, 0.1) is 36.2 Å². The number of aliphatic hydroxyl groups is 1. The van der Waals surface area contributed by atoms with Gasteiger partial charge in [-0.3, -0.25) is 14.5 Å². The zero-order chi connectivity index (χ0) is 26.7. The van der Waals surface area contributed by atoms with E-state index in [-0.39, 0.29) is 25.0 Å². The van der Waals surface area contributed by atoms with Crippen molar-refractivity contribution in [3.8, 4) is 22.8 Å². The van der Waals surface area contributed by atoms with Crippen molar-refractivity contribution in [1.29, 1.82) is 0 Å². The number of aliphatic hydroxyl groups excluding tert-OH is 1. The van der Waals surface area contributed by atoms with Crippen LogP contribution in [0.25, 0.3) is 33.1 Å². The number of fused-ring (bicyclic) bond motifs is 1. The predicted octanol–water partition coefficient (Wildman–Crippen LogP) is 3.59. The molecule has 0 aliphatic carbocycles. The fourth-order valence-electron chi connectivity index (χ4n) is 3.75. The number of hydrogen-bond acceptors (Lipinski definition) is 9. The molecule has 0 saturated carbocycles. The van der Waals surface area contributed by atoms with E-state index in [1.807, 2.05) is 26.8 Å². The number of aromatic nitrogens is 2. The fourth-order valence-corrected chi connectivity index (χ4v) is 4.74. The van der Waals surface area contributed by atoms with Crippen LogP contribution < -0.4 is 16.4 Å². The van der Waals surface area contributed by atoms with Crippen LogP contribution in [0.15, 0.2) is 47.1 Å². The van der Waals surface area contributed by atoms with Gasteiger partial charge in [-0.1, -0.05) is 12.1 Å². The standard InChI is InChI=1S/C26H30N6O4S/c1-26(2,3)31-24(35)22-20(27)19-21(29-23(30-25(19)37-22)17-9-6-12-36-17)15-7-5-8-16(13-15)28-18(34)14-32(4)10-11-33/h5-9,12-13,33H,10-11,14,27H2,1-4H3,(H,28,34)(H,31,35). The van der Waals surface area contributed by atoms with Crippen molar-refractivity contribution >= 4 is 44.7 Å². The van der Waals surface area contributed by atoms with Gasteiger partial charge in [0, 0.05) is 23.3 Å². The molecule has 1 aromatic carbocycles. The highest BCUT2D eigenvalue weighted by atomic mass is 32.1. The second-order valence-electron chi connectivity index (χ2n) is 9.69. The van der Waals surface area contributed by atoms with Crippen LogP contribution in [0, 0.1) is 0 Å². The quantitative estimate of drug-likeness (QED) is 0.275. The third-order valence-electron chi connectivity index (χ3n) is 5.34. The molecule has 2 amide bonds. The summed E-state index contributed by atoms with van der Waals surface area (Å²) in [5.74, 6) is 0.337. The number of carbonyl (C=O) groups excluding carboxylic acids is 2. The van der Waals surface area contributed by atoms with Crippen molar-refractivity contribution in [2.24, 2.45) is 0 Å². The number of furan rings is 1. The monoisotopic (exact) mass is 522 g/mol. The van der Waals surface area contributed by atoms with Crippen LogP contribution in [0.4, 0.5) is 11.4 Å². The second-order valence-corrected chi connectivity index (χ2v) is 10.7. The van der Waals surface area contributed by atoms with Gasteiger partial charge in [0.25, 0.3) is 5.91 Å². The Morgan fingerprint density at radius 1 is 1.19 bits per heavy atom. The number of hydrogen-bond donors (Lipinski definition) is 4. The number of nitrogen functional groups attached to an aromatic ring is 1. The van der Waals surface area contributed by atoms with Gasteiger partial charge in [0.2, 0.25) is 5.91 Å². The van der Waals surface area contributed by atoms with E-state index < -0.39 is 5.54 Å². The molecule has 0 saturated heterocycles. The molecular formula is C26H30N6O4S. The maximum absolute atomic E-state index is 13.0. The molecule has 0 aliphatic rings. The molecule has 3 heterocycles. The van der Waals surface area contributed by atoms with Gasteiger partial charge in [-0.2, -0.15) is 0 Å². The van der Waals surface area contributed by atoms with Crippen LogP contribution in [-0.2, 0) is 4.79 Å². The highest BCUT2D eigenvalue weighted by Crippen LogP contribution is 2.40. The molecule has 0 unspecified atom stereocenters. The van der Waals surface area contributed by atoms with E-state index in [0.29, 0.717) is 55.9 Å². The Kier molecular flexibility index (Phi) is 7.58. The maximum atomic E-state index is 13.0. The third-order valence-corrected chi connectivity index (χ3v) is 6.44. The fraction of sp³-hybridized carbons (Fsp3) is 0.308. The first kappa shape index (κ1) is 26.3. The van der Waals surface area contributed by atoms with Gasteiger partial charge in [0.1, 0.15) is 9.71 Å². The number of anilines is 2. The summed E-state index contributed by atoms with van der Waals surface area (Å²) in [4.78, 5) is 37.5. The summed E-state index contributed by atoms with van der Waals surface area (Å²) < 4.78 is 5.53. The Labute approximate surface area is 218 Å². The summed E-state index contributed by atoms with van der Waals surface area (Å²) in [5, 5.41) is 15.5. The molecule has 0 radical (unpaired) electrons. The number of rotatable bonds is 8. The minimum Gasteiger partial charge on any atom is -0.461 e. The Morgan fingerprint density at radius 2 is 1.97 bits per heavy atom. The molecule has 37 heavy (non-hydrogen) atoms.